The second-order valence-electron chi connectivity index (χ2n) is 7.92. The number of anilines is 2. The van der Waals surface area contributed by atoms with E-state index in [-0.39, 0.29) is 35.1 Å². The first-order valence-electron chi connectivity index (χ1n) is 10.7. The van der Waals surface area contributed by atoms with E-state index in [1.54, 1.807) is 51.1 Å². The molecule has 0 fully saturated rings. The SMILES string of the molecule is CCOC(=O)c1c(NC(=O)c2cc3n(n2)[C@@H](C(F)(F)F)C[C@@H](c2ccccc2)N3)sc(C)c1C. The van der Waals surface area contributed by atoms with E-state index in [4.69, 9.17) is 4.74 Å². The third-order valence-electron chi connectivity index (χ3n) is 5.72. The number of halogens is 3. The Labute approximate surface area is 197 Å². The molecular formula is C23H23F3N4O3S. The van der Waals surface area contributed by atoms with Gasteiger partial charge in [0.25, 0.3) is 5.91 Å². The van der Waals surface area contributed by atoms with Crippen molar-refractivity contribution in [3.63, 3.8) is 0 Å². The number of nitrogens with one attached hydrogen (secondary N) is 2. The lowest BCUT2D eigenvalue weighted by Gasteiger charge is -2.33. The van der Waals surface area contributed by atoms with Crippen LogP contribution in [-0.4, -0.2) is 34.4 Å². The number of benzene rings is 1. The summed E-state index contributed by atoms with van der Waals surface area (Å²) in [4.78, 5) is 26.1. The molecule has 0 spiro atoms. The molecule has 1 aliphatic heterocycles. The monoisotopic (exact) mass is 492 g/mol. The number of fused-ring (bicyclic) bond motifs is 1. The van der Waals surface area contributed by atoms with Gasteiger partial charge in [0.1, 0.15) is 10.8 Å². The molecule has 3 aromatic rings. The lowest BCUT2D eigenvalue weighted by Crippen LogP contribution is -2.35. The number of amides is 1. The van der Waals surface area contributed by atoms with Gasteiger partial charge in [0.2, 0.25) is 0 Å². The summed E-state index contributed by atoms with van der Waals surface area (Å²) in [5.41, 5.74) is 1.42. The maximum absolute atomic E-state index is 13.9. The molecule has 0 radical (unpaired) electrons. The van der Waals surface area contributed by atoms with Crippen molar-refractivity contribution < 1.29 is 27.5 Å². The van der Waals surface area contributed by atoms with Gasteiger partial charge in [0.05, 0.1) is 18.2 Å². The lowest BCUT2D eigenvalue weighted by atomic mass is 9.97. The van der Waals surface area contributed by atoms with Crippen LogP contribution in [0.2, 0.25) is 0 Å². The number of aryl methyl sites for hydroxylation is 1. The van der Waals surface area contributed by atoms with Gasteiger partial charge in [-0.05, 0) is 31.9 Å². The number of hydrogen-bond donors (Lipinski definition) is 2. The highest BCUT2D eigenvalue weighted by atomic mass is 32.1. The minimum atomic E-state index is -4.55. The summed E-state index contributed by atoms with van der Waals surface area (Å²) in [5.74, 6) is -1.20. The van der Waals surface area contributed by atoms with Gasteiger partial charge in [-0.3, -0.25) is 4.79 Å². The normalized spacial score (nSPS) is 17.6. The number of carbonyl (C=O) groups excluding carboxylic acids is 2. The number of rotatable bonds is 5. The Morgan fingerprint density at radius 2 is 1.97 bits per heavy atom. The summed E-state index contributed by atoms with van der Waals surface area (Å²) < 4.78 is 47.6. The third kappa shape index (κ3) is 4.52. The van der Waals surface area contributed by atoms with Crippen LogP contribution in [0.1, 0.15) is 62.3 Å². The summed E-state index contributed by atoms with van der Waals surface area (Å²) in [5, 5.41) is 9.93. The Balaban J connectivity index is 1.65. The van der Waals surface area contributed by atoms with Crippen molar-refractivity contribution in [1.29, 1.82) is 0 Å². The van der Waals surface area contributed by atoms with E-state index in [2.05, 4.69) is 15.7 Å². The maximum atomic E-state index is 13.9. The van der Waals surface area contributed by atoms with Crippen LogP contribution in [0.25, 0.3) is 0 Å². The molecule has 1 aromatic carbocycles. The predicted octanol–water partition coefficient (Wildman–Crippen LogP) is 5.65. The molecule has 0 saturated heterocycles. The molecule has 0 bridgehead atoms. The van der Waals surface area contributed by atoms with Crippen LogP contribution in [0.4, 0.5) is 24.0 Å². The molecule has 4 rings (SSSR count). The van der Waals surface area contributed by atoms with Gasteiger partial charge in [-0.2, -0.15) is 18.3 Å². The largest absolute Gasteiger partial charge is 0.462 e. The zero-order valence-electron chi connectivity index (χ0n) is 18.7. The molecule has 1 aliphatic rings. The molecule has 180 valence electrons. The van der Waals surface area contributed by atoms with Gasteiger partial charge in [0.15, 0.2) is 11.7 Å². The van der Waals surface area contributed by atoms with Gasteiger partial charge in [-0.1, -0.05) is 30.3 Å². The van der Waals surface area contributed by atoms with Crippen molar-refractivity contribution in [2.75, 3.05) is 17.2 Å². The first-order valence-corrected chi connectivity index (χ1v) is 11.5. The number of ether oxygens (including phenoxy) is 1. The Morgan fingerprint density at radius 1 is 1.26 bits per heavy atom. The van der Waals surface area contributed by atoms with Crippen molar-refractivity contribution in [2.45, 2.75) is 45.5 Å². The first-order chi connectivity index (χ1) is 16.1. The van der Waals surface area contributed by atoms with Gasteiger partial charge in [-0.15, -0.1) is 11.3 Å². The first kappa shape index (κ1) is 23.8. The fourth-order valence-corrected chi connectivity index (χ4v) is 4.96. The van der Waals surface area contributed by atoms with Crippen molar-refractivity contribution in [1.82, 2.24) is 9.78 Å². The van der Waals surface area contributed by atoms with Crippen molar-refractivity contribution in [2.24, 2.45) is 0 Å². The minimum Gasteiger partial charge on any atom is -0.462 e. The zero-order valence-corrected chi connectivity index (χ0v) is 19.5. The minimum absolute atomic E-state index is 0.0942. The molecule has 2 aromatic heterocycles. The van der Waals surface area contributed by atoms with Gasteiger partial charge in [-0.25, -0.2) is 9.48 Å². The molecule has 7 nitrogen and oxygen atoms in total. The number of alkyl halides is 3. The molecule has 34 heavy (non-hydrogen) atoms. The lowest BCUT2D eigenvalue weighted by molar-refractivity contribution is -0.173. The number of nitrogens with zero attached hydrogens (tertiary/aromatic N) is 2. The van der Waals surface area contributed by atoms with Crippen LogP contribution in [0.5, 0.6) is 0 Å². The molecule has 2 atom stereocenters. The molecule has 0 unspecified atom stereocenters. The number of aromatic nitrogens is 2. The standard InChI is InChI=1S/C23H23F3N4O3S/c1-4-33-22(32)19-12(2)13(3)34-21(19)28-20(31)16-11-18-27-15(14-8-6-5-7-9-14)10-17(23(24,25)26)30(18)29-16/h5-9,11,15,17,27H,4,10H2,1-3H3,(H,28,31)/t15-,17+/m0/s1. The van der Waals surface area contributed by atoms with E-state index < -0.39 is 30.1 Å². The van der Waals surface area contributed by atoms with Gasteiger partial charge >= 0.3 is 12.1 Å². The van der Waals surface area contributed by atoms with Gasteiger partial charge in [0, 0.05) is 17.4 Å². The number of carbonyl (C=O) groups is 2. The topological polar surface area (TPSA) is 85.2 Å². The Hall–Kier alpha value is -3.34. The van der Waals surface area contributed by atoms with Crippen molar-refractivity contribution in [3.8, 4) is 0 Å². The van der Waals surface area contributed by atoms with Gasteiger partial charge < -0.3 is 15.4 Å². The summed E-state index contributed by atoms with van der Waals surface area (Å²) in [6, 6.07) is 7.63. The molecular weight excluding hydrogens is 469 g/mol. The van der Waals surface area contributed by atoms with Crippen LogP contribution in [0, 0.1) is 13.8 Å². The highest BCUT2D eigenvalue weighted by Crippen LogP contribution is 2.43. The molecule has 2 N–H and O–H groups in total. The molecule has 3 heterocycles. The molecule has 0 saturated carbocycles. The number of thiophene rings is 1. The predicted molar refractivity (Wildman–Crippen MR) is 122 cm³/mol. The van der Waals surface area contributed by atoms with E-state index in [9.17, 15) is 22.8 Å². The third-order valence-corrected chi connectivity index (χ3v) is 6.84. The summed E-state index contributed by atoms with van der Waals surface area (Å²) >= 11 is 1.19. The highest BCUT2D eigenvalue weighted by molar-refractivity contribution is 7.16. The number of esters is 1. The quantitative estimate of drug-likeness (QED) is 0.450. The fourth-order valence-electron chi connectivity index (χ4n) is 3.92. The second kappa shape index (κ2) is 9.13. The maximum Gasteiger partial charge on any atom is 0.410 e. The average Bonchev–Trinajstić information content (AvgIpc) is 3.34. The number of hydrogen-bond acceptors (Lipinski definition) is 6. The van der Waals surface area contributed by atoms with Crippen LogP contribution in [0.3, 0.4) is 0 Å². The average molecular weight is 493 g/mol. The summed E-state index contributed by atoms with van der Waals surface area (Å²) in [6.45, 7) is 5.38. The van der Waals surface area contributed by atoms with Crippen LogP contribution in [0.15, 0.2) is 36.4 Å². The van der Waals surface area contributed by atoms with Crippen LogP contribution < -0.4 is 10.6 Å². The van der Waals surface area contributed by atoms with E-state index in [0.717, 1.165) is 9.56 Å². The summed E-state index contributed by atoms with van der Waals surface area (Å²) in [6.07, 6.45) is -4.82. The van der Waals surface area contributed by atoms with Crippen LogP contribution in [-0.2, 0) is 4.74 Å². The van der Waals surface area contributed by atoms with Crippen molar-refractivity contribution in [3.05, 3.63) is 63.7 Å². The zero-order chi connectivity index (χ0) is 24.6. The van der Waals surface area contributed by atoms with Crippen molar-refractivity contribution >= 4 is 34.0 Å². The molecule has 0 aliphatic carbocycles. The Bertz CT molecular complexity index is 1220. The highest BCUT2D eigenvalue weighted by Gasteiger charge is 2.46. The molecule has 1 amide bonds. The fraction of sp³-hybridized carbons (Fsp3) is 0.348. The van der Waals surface area contributed by atoms with E-state index in [1.165, 1.54) is 17.4 Å². The Morgan fingerprint density at radius 3 is 2.62 bits per heavy atom. The second-order valence-corrected chi connectivity index (χ2v) is 9.15. The van der Waals surface area contributed by atoms with E-state index >= 15 is 0 Å². The van der Waals surface area contributed by atoms with E-state index in [0.29, 0.717) is 11.1 Å². The van der Waals surface area contributed by atoms with E-state index in [1.807, 2.05) is 0 Å². The smallest absolute Gasteiger partial charge is 0.410 e. The molecule has 11 heteroatoms. The Kier molecular flexibility index (Phi) is 6.39. The van der Waals surface area contributed by atoms with Crippen LogP contribution >= 0.6 is 11.3 Å². The summed E-state index contributed by atoms with van der Waals surface area (Å²) in [7, 11) is 0.